The molecule has 0 radical (unpaired) electrons. The third-order valence-electron chi connectivity index (χ3n) is 4.96. The number of aryl methyl sites for hydroxylation is 1. The molecule has 11 nitrogen and oxygen atoms in total. The number of anilines is 4. The Balaban J connectivity index is 0.000000320. The Morgan fingerprint density at radius 1 is 1.00 bits per heavy atom. The van der Waals surface area contributed by atoms with E-state index in [4.69, 9.17) is 20.9 Å². The molecule has 0 spiro atoms. The highest BCUT2D eigenvalue weighted by molar-refractivity contribution is 7.85. The van der Waals surface area contributed by atoms with Gasteiger partial charge in [0.05, 0.1) is 27.6 Å². The number of nitro groups is 1. The van der Waals surface area contributed by atoms with Gasteiger partial charge in [-0.25, -0.2) is 14.4 Å². The van der Waals surface area contributed by atoms with E-state index in [9.17, 15) is 27.3 Å². The smallest absolute Gasteiger partial charge is 0.307 e. The number of aromatic nitrogens is 2. The van der Waals surface area contributed by atoms with Gasteiger partial charge in [-0.3, -0.25) is 14.7 Å². The number of nitro benzene ring substituents is 1. The number of benzene rings is 3. The maximum atomic E-state index is 13.8. The summed E-state index contributed by atoms with van der Waals surface area (Å²) in [6.45, 7) is 1.63. The maximum absolute atomic E-state index is 13.8. The first-order valence-electron chi connectivity index (χ1n) is 10.7. The second-order valence-electron chi connectivity index (χ2n) is 7.67. The molecule has 0 aliphatic rings. The van der Waals surface area contributed by atoms with E-state index in [1.807, 2.05) is 0 Å². The molecule has 39 heavy (non-hydrogen) atoms. The lowest BCUT2D eigenvalue weighted by atomic mass is 10.2. The largest absolute Gasteiger partial charge is 0.494 e. The molecule has 15 heteroatoms. The summed E-state index contributed by atoms with van der Waals surface area (Å²) < 4.78 is 61.9. The van der Waals surface area contributed by atoms with Gasteiger partial charge >= 0.3 is 5.69 Å². The maximum Gasteiger partial charge on any atom is 0.307 e. The second-order valence-corrected chi connectivity index (χ2v) is 9.47. The van der Waals surface area contributed by atoms with Crippen molar-refractivity contribution in [3.63, 3.8) is 0 Å². The van der Waals surface area contributed by atoms with Crippen LogP contribution < -0.4 is 15.4 Å². The molecule has 3 N–H and O–H groups in total. The molecule has 4 rings (SSSR count). The fourth-order valence-electron chi connectivity index (χ4n) is 3.15. The zero-order valence-electron chi connectivity index (χ0n) is 20.2. The highest BCUT2D eigenvalue weighted by atomic mass is 35.5. The van der Waals surface area contributed by atoms with E-state index in [-0.39, 0.29) is 27.2 Å². The van der Waals surface area contributed by atoms with Crippen LogP contribution in [0, 0.1) is 28.7 Å². The van der Waals surface area contributed by atoms with Crippen LogP contribution in [0.1, 0.15) is 5.56 Å². The molecule has 0 amide bonds. The first-order valence-corrected chi connectivity index (χ1v) is 12.6. The Hall–Kier alpha value is -4.40. The summed E-state index contributed by atoms with van der Waals surface area (Å²) in [6.07, 6.45) is 1.24. The van der Waals surface area contributed by atoms with Crippen LogP contribution in [0.4, 0.5) is 37.5 Å². The van der Waals surface area contributed by atoms with Crippen molar-refractivity contribution < 1.29 is 31.4 Å². The molecule has 0 aliphatic heterocycles. The summed E-state index contributed by atoms with van der Waals surface area (Å²) in [5.41, 5.74) is 0.475. The van der Waals surface area contributed by atoms with Crippen LogP contribution in [0.15, 0.2) is 71.9 Å². The topological polar surface area (TPSA) is 157 Å². The fraction of sp³-hybridized carbons (Fsp3) is 0.0833. The second kappa shape index (κ2) is 12.4. The van der Waals surface area contributed by atoms with Gasteiger partial charge in [0.2, 0.25) is 5.82 Å². The Bertz CT molecular complexity index is 1620. The predicted octanol–water partition coefficient (Wildman–Crippen LogP) is 6.05. The van der Waals surface area contributed by atoms with Crippen LogP contribution in [-0.2, 0) is 10.1 Å². The molecule has 1 heterocycles. The molecule has 1 aromatic heterocycles. The zero-order chi connectivity index (χ0) is 28.7. The molecule has 0 aliphatic carbocycles. The minimum absolute atomic E-state index is 0.0278. The fourth-order valence-corrected chi connectivity index (χ4v) is 4.06. The zero-order valence-corrected chi connectivity index (χ0v) is 21.8. The highest BCUT2D eigenvalue weighted by Gasteiger charge is 2.19. The molecule has 0 saturated carbocycles. The van der Waals surface area contributed by atoms with Crippen molar-refractivity contribution in [3.05, 3.63) is 99.3 Å². The first-order chi connectivity index (χ1) is 18.4. The third kappa shape index (κ3) is 7.80. The summed E-state index contributed by atoms with van der Waals surface area (Å²) in [5, 5.41) is 16.6. The SMILES string of the molecule is COc1cc(F)c([N+](=O)[O-])cc1Nc1cc(Nc2ccc(F)c(Cl)c2)ncn1.Cc1ccccc1S(=O)(=O)O. The first kappa shape index (κ1) is 29.2. The van der Waals surface area contributed by atoms with Gasteiger partial charge in [0, 0.05) is 23.9 Å². The Labute approximate surface area is 226 Å². The number of ether oxygens (including phenoxy) is 1. The molecule has 4 aromatic rings. The summed E-state index contributed by atoms with van der Waals surface area (Å²) in [6, 6.07) is 13.7. The molecule has 0 atom stereocenters. The van der Waals surface area contributed by atoms with Gasteiger partial charge in [0.25, 0.3) is 10.1 Å². The number of nitrogens with zero attached hydrogens (tertiary/aromatic N) is 3. The van der Waals surface area contributed by atoms with Gasteiger partial charge in [-0.05, 0) is 36.8 Å². The van der Waals surface area contributed by atoms with E-state index in [2.05, 4.69) is 20.6 Å². The standard InChI is InChI=1S/C17H12ClF2N5O3.C7H8O3S/c1-28-15-5-12(20)14(25(26)27)6-13(15)24-17-7-16(21-8-22-17)23-9-2-3-11(19)10(18)4-9;1-6-4-2-3-5-7(6)11(8,9)10/h2-8H,1H3,(H2,21,22,23,24);2-5H,1H3,(H,8,9,10). The van der Waals surface area contributed by atoms with Crippen LogP contribution in [0.3, 0.4) is 0 Å². The number of hydrogen-bond donors (Lipinski definition) is 3. The average Bonchev–Trinajstić information content (AvgIpc) is 2.87. The van der Waals surface area contributed by atoms with Crippen LogP contribution in [0.2, 0.25) is 5.02 Å². The lowest BCUT2D eigenvalue weighted by molar-refractivity contribution is -0.387. The van der Waals surface area contributed by atoms with Crippen molar-refractivity contribution in [2.75, 3.05) is 17.7 Å². The third-order valence-corrected chi connectivity index (χ3v) is 6.26. The highest BCUT2D eigenvalue weighted by Crippen LogP contribution is 2.34. The molecule has 0 fully saturated rings. The quantitative estimate of drug-likeness (QED) is 0.134. The van der Waals surface area contributed by atoms with Crippen LogP contribution in [-0.4, -0.2) is 35.0 Å². The molecular weight excluding hydrogens is 560 g/mol. The van der Waals surface area contributed by atoms with Crippen molar-refractivity contribution >= 4 is 50.4 Å². The number of hydrogen-bond acceptors (Lipinski definition) is 9. The van der Waals surface area contributed by atoms with E-state index in [1.165, 1.54) is 43.8 Å². The summed E-state index contributed by atoms with van der Waals surface area (Å²) >= 11 is 5.75. The van der Waals surface area contributed by atoms with Crippen LogP contribution >= 0.6 is 11.6 Å². The lowest BCUT2D eigenvalue weighted by Crippen LogP contribution is -2.02. The Kier molecular flexibility index (Phi) is 9.29. The monoisotopic (exact) mass is 579 g/mol. The molecule has 0 saturated heterocycles. The minimum Gasteiger partial charge on any atom is -0.494 e. The molecule has 3 aromatic carbocycles. The molecule has 0 unspecified atom stereocenters. The normalized spacial score (nSPS) is 10.7. The lowest BCUT2D eigenvalue weighted by Gasteiger charge is -2.12. The molecular formula is C24H20ClF2N5O6S. The van der Waals surface area contributed by atoms with Gasteiger partial charge in [-0.2, -0.15) is 12.8 Å². The Morgan fingerprint density at radius 3 is 2.23 bits per heavy atom. The van der Waals surface area contributed by atoms with Crippen LogP contribution in [0.25, 0.3) is 0 Å². The van der Waals surface area contributed by atoms with Gasteiger partial charge < -0.3 is 15.4 Å². The average molecular weight is 580 g/mol. The van der Waals surface area contributed by atoms with Crippen molar-refractivity contribution in [2.45, 2.75) is 11.8 Å². The van der Waals surface area contributed by atoms with Gasteiger partial charge in [0.15, 0.2) is 0 Å². The van der Waals surface area contributed by atoms with E-state index in [0.717, 1.165) is 12.1 Å². The minimum atomic E-state index is -4.03. The number of methoxy groups -OCH3 is 1. The van der Waals surface area contributed by atoms with E-state index in [0.29, 0.717) is 17.1 Å². The van der Waals surface area contributed by atoms with E-state index >= 15 is 0 Å². The summed E-state index contributed by atoms with van der Waals surface area (Å²) in [5.74, 6) is -0.921. The summed E-state index contributed by atoms with van der Waals surface area (Å²) in [4.78, 5) is 18.1. The van der Waals surface area contributed by atoms with Crippen molar-refractivity contribution in [1.82, 2.24) is 9.97 Å². The Morgan fingerprint density at radius 2 is 1.67 bits per heavy atom. The van der Waals surface area contributed by atoms with Gasteiger partial charge in [-0.1, -0.05) is 29.8 Å². The van der Waals surface area contributed by atoms with Crippen molar-refractivity contribution in [2.24, 2.45) is 0 Å². The van der Waals surface area contributed by atoms with Crippen molar-refractivity contribution in [1.29, 1.82) is 0 Å². The molecule has 204 valence electrons. The predicted molar refractivity (Wildman–Crippen MR) is 141 cm³/mol. The number of halogens is 3. The number of rotatable bonds is 7. The van der Waals surface area contributed by atoms with E-state index < -0.39 is 32.4 Å². The van der Waals surface area contributed by atoms with Crippen LogP contribution in [0.5, 0.6) is 5.75 Å². The van der Waals surface area contributed by atoms with E-state index in [1.54, 1.807) is 25.1 Å². The molecule has 0 bridgehead atoms. The summed E-state index contributed by atoms with van der Waals surface area (Å²) in [7, 11) is -2.73. The van der Waals surface area contributed by atoms with Crippen molar-refractivity contribution in [3.8, 4) is 5.75 Å². The number of nitrogens with one attached hydrogen (secondary N) is 2. The van der Waals surface area contributed by atoms with Gasteiger partial charge in [-0.15, -0.1) is 0 Å². The van der Waals surface area contributed by atoms with Gasteiger partial charge in [0.1, 0.15) is 29.5 Å².